The maximum absolute atomic E-state index is 12.2. The van der Waals surface area contributed by atoms with Crippen LogP contribution >= 0.6 is 11.6 Å². The van der Waals surface area contributed by atoms with Gasteiger partial charge >= 0.3 is 0 Å². The van der Waals surface area contributed by atoms with Gasteiger partial charge in [0.1, 0.15) is 0 Å². The van der Waals surface area contributed by atoms with Crippen molar-refractivity contribution < 1.29 is 9.53 Å². The maximum Gasteiger partial charge on any atom is 0.239 e. The Hall–Kier alpha value is -2.08. The molecular weight excluding hydrogens is 350 g/mol. The number of rotatable bonds is 7. The van der Waals surface area contributed by atoms with Gasteiger partial charge in [-0.1, -0.05) is 48.0 Å². The normalized spacial score (nSPS) is 14.8. The van der Waals surface area contributed by atoms with Crippen molar-refractivity contribution in [2.45, 2.75) is 13.1 Å². The number of para-hydroxylation sites is 1. The molecular formula is C20H24ClN3O2. The maximum atomic E-state index is 12.2. The van der Waals surface area contributed by atoms with Crippen LogP contribution in [0.2, 0.25) is 5.02 Å². The molecule has 1 aliphatic rings. The number of nitrogens with one attached hydrogen (secondary N) is 2. The molecule has 26 heavy (non-hydrogen) atoms. The number of anilines is 1. The van der Waals surface area contributed by atoms with Crippen molar-refractivity contribution in [1.82, 2.24) is 10.2 Å². The monoisotopic (exact) mass is 373 g/mol. The van der Waals surface area contributed by atoms with Crippen LogP contribution in [0.25, 0.3) is 0 Å². The van der Waals surface area contributed by atoms with Crippen LogP contribution in [-0.4, -0.2) is 43.7 Å². The molecule has 1 heterocycles. The van der Waals surface area contributed by atoms with Crippen LogP contribution in [0.15, 0.2) is 48.5 Å². The molecule has 5 nitrogen and oxygen atoms in total. The van der Waals surface area contributed by atoms with E-state index in [0.29, 0.717) is 11.6 Å². The van der Waals surface area contributed by atoms with Gasteiger partial charge < -0.3 is 15.4 Å². The fourth-order valence-electron chi connectivity index (χ4n) is 2.92. The summed E-state index contributed by atoms with van der Waals surface area (Å²) in [6.07, 6.45) is 0. The van der Waals surface area contributed by atoms with E-state index in [0.717, 1.165) is 44.1 Å². The quantitative estimate of drug-likeness (QED) is 0.783. The molecule has 0 saturated carbocycles. The highest BCUT2D eigenvalue weighted by molar-refractivity contribution is 6.33. The molecule has 6 heteroatoms. The Kier molecular flexibility index (Phi) is 6.89. The van der Waals surface area contributed by atoms with Crippen LogP contribution in [0, 0.1) is 0 Å². The predicted molar refractivity (Wildman–Crippen MR) is 104 cm³/mol. The number of hydrogen-bond donors (Lipinski definition) is 2. The molecule has 1 aliphatic heterocycles. The summed E-state index contributed by atoms with van der Waals surface area (Å²) in [4.78, 5) is 14.5. The van der Waals surface area contributed by atoms with Crippen molar-refractivity contribution in [2.75, 3.05) is 38.2 Å². The zero-order chi connectivity index (χ0) is 18.2. The van der Waals surface area contributed by atoms with E-state index in [1.807, 2.05) is 30.3 Å². The second-order valence-electron chi connectivity index (χ2n) is 6.27. The number of nitrogens with zero attached hydrogens (tertiary/aromatic N) is 1. The van der Waals surface area contributed by atoms with Crippen molar-refractivity contribution in [3.05, 3.63) is 64.7 Å². The van der Waals surface area contributed by atoms with Gasteiger partial charge in [0.05, 0.1) is 30.5 Å². The van der Waals surface area contributed by atoms with E-state index in [1.165, 1.54) is 5.56 Å². The minimum absolute atomic E-state index is 0.0638. The molecule has 138 valence electrons. The van der Waals surface area contributed by atoms with E-state index in [-0.39, 0.29) is 12.5 Å². The number of carbonyl (C=O) groups is 1. The van der Waals surface area contributed by atoms with Gasteiger partial charge in [0.25, 0.3) is 0 Å². The molecule has 2 aromatic rings. The Morgan fingerprint density at radius 3 is 2.50 bits per heavy atom. The summed E-state index contributed by atoms with van der Waals surface area (Å²) >= 11 is 6.09. The molecule has 0 bridgehead atoms. The van der Waals surface area contributed by atoms with Crippen LogP contribution in [0.5, 0.6) is 0 Å². The highest BCUT2D eigenvalue weighted by Gasteiger charge is 2.13. The molecule has 0 atom stereocenters. The van der Waals surface area contributed by atoms with Gasteiger partial charge in [-0.15, -0.1) is 0 Å². The van der Waals surface area contributed by atoms with E-state index in [4.69, 9.17) is 16.3 Å². The van der Waals surface area contributed by atoms with E-state index in [1.54, 1.807) is 6.07 Å². The first-order valence-electron chi connectivity index (χ1n) is 8.84. The number of morpholine rings is 1. The van der Waals surface area contributed by atoms with Crippen LogP contribution in [0.4, 0.5) is 5.69 Å². The third-order valence-corrected chi connectivity index (χ3v) is 4.73. The third kappa shape index (κ3) is 5.46. The molecule has 1 saturated heterocycles. The Morgan fingerprint density at radius 2 is 1.73 bits per heavy atom. The highest BCUT2D eigenvalue weighted by Crippen LogP contribution is 2.19. The zero-order valence-electron chi connectivity index (χ0n) is 14.7. The molecule has 3 rings (SSSR count). The Morgan fingerprint density at radius 1 is 1.04 bits per heavy atom. The lowest BCUT2D eigenvalue weighted by molar-refractivity contribution is -0.119. The summed E-state index contributed by atoms with van der Waals surface area (Å²) in [7, 11) is 0. The lowest BCUT2D eigenvalue weighted by Gasteiger charge is -2.27. The summed E-state index contributed by atoms with van der Waals surface area (Å²) in [6, 6.07) is 15.6. The van der Waals surface area contributed by atoms with Crippen molar-refractivity contribution in [3.63, 3.8) is 0 Å². The third-order valence-electron chi connectivity index (χ3n) is 4.41. The summed E-state index contributed by atoms with van der Waals surface area (Å²) < 4.78 is 5.40. The average molecular weight is 374 g/mol. The molecule has 2 N–H and O–H groups in total. The predicted octanol–water partition coefficient (Wildman–Crippen LogP) is 2.90. The molecule has 0 radical (unpaired) electrons. The smallest absolute Gasteiger partial charge is 0.239 e. The summed E-state index contributed by atoms with van der Waals surface area (Å²) in [5.74, 6) is -0.0638. The first-order valence-corrected chi connectivity index (χ1v) is 9.22. The Bertz CT molecular complexity index is 733. The van der Waals surface area contributed by atoms with E-state index in [9.17, 15) is 4.79 Å². The van der Waals surface area contributed by atoms with Gasteiger partial charge in [-0.25, -0.2) is 0 Å². The van der Waals surface area contributed by atoms with E-state index >= 15 is 0 Å². The van der Waals surface area contributed by atoms with Gasteiger partial charge in [-0.2, -0.15) is 0 Å². The van der Waals surface area contributed by atoms with Gasteiger partial charge in [0, 0.05) is 26.2 Å². The Balaban J connectivity index is 1.51. The van der Waals surface area contributed by atoms with Crippen LogP contribution in [-0.2, 0) is 22.6 Å². The first kappa shape index (κ1) is 18.7. The average Bonchev–Trinajstić information content (AvgIpc) is 2.67. The van der Waals surface area contributed by atoms with Crippen molar-refractivity contribution in [2.24, 2.45) is 0 Å². The number of benzene rings is 2. The number of ether oxygens (including phenoxy) is 1. The van der Waals surface area contributed by atoms with Crippen molar-refractivity contribution in [3.8, 4) is 0 Å². The number of carbonyl (C=O) groups excluding carboxylic acids is 1. The zero-order valence-corrected chi connectivity index (χ0v) is 15.5. The minimum Gasteiger partial charge on any atom is -0.379 e. The molecule has 2 aromatic carbocycles. The van der Waals surface area contributed by atoms with Gasteiger partial charge in [-0.3, -0.25) is 9.69 Å². The van der Waals surface area contributed by atoms with Crippen molar-refractivity contribution in [1.29, 1.82) is 0 Å². The molecule has 1 fully saturated rings. The number of amides is 1. The Labute approximate surface area is 159 Å². The summed E-state index contributed by atoms with van der Waals surface area (Å²) in [5, 5.41) is 6.65. The van der Waals surface area contributed by atoms with Gasteiger partial charge in [-0.05, 0) is 23.3 Å². The fourth-order valence-corrected chi connectivity index (χ4v) is 3.12. The standard InChI is InChI=1S/C20H24ClN3O2/c21-18-7-3-4-8-19(18)22-14-20(25)23-13-16-5-1-2-6-17(16)15-24-9-11-26-12-10-24/h1-8,22H,9-15H2,(H,23,25). The number of hydrogen-bond acceptors (Lipinski definition) is 4. The van der Waals surface area contributed by atoms with Gasteiger partial charge in [0.2, 0.25) is 5.91 Å². The molecule has 0 unspecified atom stereocenters. The fraction of sp³-hybridized carbons (Fsp3) is 0.350. The lowest BCUT2D eigenvalue weighted by atomic mass is 10.1. The van der Waals surface area contributed by atoms with Crippen LogP contribution in [0.1, 0.15) is 11.1 Å². The van der Waals surface area contributed by atoms with E-state index < -0.39 is 0 Å². The highest BCUT2D eigenvalue weighted by atomic mass is 35.5. The molecule has 0 aromatic heterocycles. The topological polar surface area (TPSA) is 53.6 Å². The summed E-state index contributed by atoms with van der Waals surface area (Å²) in [6.45, 7) is 5.05. The minimum atomic E-state index is -0.0638. The molecule has 0 spiro atoms. The second kappa shape index (κ2) is 9.57. The number of halogens is 1. The summed E-state index contributed by atoms with van der Waals surface area (Å²) in [5.41, 5.74) is 3.15. The lowest BCUT2D eigenvalue weighted by Crippen LogP contribution is -2.36. The van der Waals surface area contributed by atoms with Crippen LogP contribution < -0.4 is 10.6 Å². The SMILES string of the molecule is O=C(CNc1ccccc1Cl)NCc1ccccc1CN1CCOCC1. The molecule has 1 amide bonds. The van der Waals surface area contributed by atoms with Crippen LogP contribution in [0.3, 0.4) is 0 Å². The van der Waals surface area contributed by atoms with Gasteiger partial charge in [0.15, 0.2) is 0 Å². The second-order valence-corrected chi connectivity index (χ2v) is 6.67. The largest absolute Gasteiger partial charge is 0.379 e. The van der Waals surface area contributed by atoms with E-state index in [2.05, 4.69) is 27.7 Å². The van der Waals surface area contributed by atoms with Crippen molar-refractivity contribution >= 4 is 23.2 Å². The first-order chi connectivity index (χ1) is 12.7. The molecule has 0 aliphatic carbocycles.